The summed E-state index contributed by atoms with van der Waals surface area (Å²) in [6.07, 6.45) is 4.46. The van der Waals surface area contributed by atoms with Crippen LogP contribution >= 0.6 is 38.5 Å². The van der Waals surface area contributed by atoms with E-state index >= 15 is 0 Å². The molecule has 1 spiro atoms. The zero-order chi connectivity index (χ0) is 17.5. The SMILES string of the molecule is N#Cc1c(F)c(Br)cc(I)c1N1C(N)=NC(N)=NC12CCCCC2. The van der Waals surface area contributed by atoms with E-state index in [9.17, 15) is 9.65 Å². The minimum absolute atomic E-state index is 0.0763. The molecule has 9 heteroatoms. The topological polar surface area (TPSA) is 104 Å². The summed E-state index contributed by atoms with van der Waals surface area (Å²) in [6, 6.07) is 3.58. The highest BCUT2D eigenvalue weighted by molar-refractivity contribution is 14.1. The standard InChI is InChI=1S/C15H15BrFIN6/c16-9-6-10(18)12(8(7-19)11(9)17)24-14(21)22-13(20)23-15(24)4-2-1-3-5-15/h6H,1-5H2,(H4,20,21,22,23). The Balaban J connectivity index is 2.26. The Morgan fingerprint density at radius 2 is 2.00 bits per heavy atom. The van der Waals surface area contributed by atoms with Gasteiger partial charge in [0.25, 0.3) is 0 Å². The van der Waals surface area contributed by atoms with Gasteiger partial charge in [-0.25, -0.2) is 9.38 Å². The number of halogens is 3. The van der Waals surface area contributed by atoms with Gasteiger partial charge in [-0.2, -0.15) is 10.3 Å². The van der Waals surface area contributed by atoms with Crippen LogP contribution in [0.3, 0.4) is 0 Å². The molecule has 6 nitrogen and oxygen atoms in total. The molecule has 0 unspecified atom stereocenters. The van der Waals surface area contributed by atoms with Crippen molar-refractivity contribution >= 4 is 56.1 Å². The lowest BCUT2D eigenvalue weighted by Gasteiger charge is -2.46. The van der Waals surface area contributed by atoms with Gasteiger partial charge in [0.1, 0.15) is 17.3 Å². The van der Waals surface area contributed by atoms with Crippen LogP contribution in [0.25, 0.3) is 0 Å². The molecule has 0 aromatic heterocycles. The summed E-state index contributed by atoms with van der Waals surface area (Å²) >= 11 is 5.22. The highest BCUT2D eigenvalue weighted by Crippen LogP contribution is 2.43. The molecule has 24 heavy (non-hydrogen) atoms. The van der Waals surface area contributed by atoms with Gasteiger partial charge in [0, 0.05) is 3.57 Å². The number of hydrogen-bond donors (Lipinski definition) is 2. The third-order valence-electron chi connectivity index (χ3n) is 4.33. The minimum atomic E-state index is -0.708. The predicted molar refractivity (Wildman–Crippen MR) is 103 cm³/mol. The lowest BCUT2D eigenvalue weighted by atomic mass is 9.87. The predicted octanol–water partition coefficient (Wildman–Crippen LogP) is 3.17. The first kappa shape index (κ1) is 17.4. The molecule has 1 heterocycles. The van der Waals surface area contributed by atoms with Crippen molar-refractivity contribution in [3.63, 3.8) is 0 Å². The van der Waals surface area contributed by atoms with Crippen molar-refractivity contribution in [1.82, 2.24) is 0 Å². The fourth-order valence-electron chi connectivity index (χ4n) is 3.35. The van der Waals surface area contributed by atoms with E-state index in [-0.39, 0.29) is 22.0 Å². The number of benzene rings is 1. The molecule has 1 aromatic carbocycles. The zero-order valence-electron chi connectivity index (χ0n) is 12.7. The van der Waals surface area contributed by atoms with Crippen LogP contribution in [0, 0.1) is 20.7 Å². The van der Waals surface area contributed by atoms with Gasteiger partial charge in [-0.1, -0.05) is 6.42 Å². The third-order valence-corrected chi connectivity index (χ3v) is 5.73. The van der Waals surface area contributed by atoms with Crippen molar-refractivity contribution in [2.45, 2.75) is 37.8 Å². The Labute approximate surface area is 161 Å². The molecule has 3 rings (SSSR count). The maximum atomic E-state index is 14.5. The van der Waals surface area contributed by atoms with Crippen LogP contribution in [0.2, 0.25) is 0 Å². The van der Waals surface area contributed by atoms with Crippen LogP contribution in [0.4, 0.5) is 10.1 Å². The first-order valence-electron chi connectivity index (χ1n) is 7.47. The number of aliphatic imine (C=N–C) groups is 2. The Bertz CT molecular complexity index is 794. The largest absolute Gasteiger partial charge is 0.369 e. The normalized spacial score (nSPS) is 19.7. The second-order valence-electron chi connectivity index (χ2n) is 5.81. The number of nitrogens with two attached hydrogens (primary N) is 2. The monoisotopic (exact) mass is 504 g/mol. The number of rotatable bonds is 1. The van der Waals surface area contributed by atoms with Gasteiger partial charge in [0.15, 0.2) is 5.82 Å². The number of guanidine groups is 2. The summed E-state index contributed by atoms with van der Waals surface area (Å²) in [5.74, 6) is -0.355. The van der Waals surface area contributed by atoms with Crippen LogP contribution in [0.15, 0.2) is 20.5 Å². The molecule has 0 atom stereocenters. The fraction of sp³-hybridized carbons (Fsp3) is 0.400. The summed E-state index contributed by atoms with van der Waals surface area (Å²) in [5.41, 5.74) is 11.6. The number of nitriles is 1. The Kier molecular flexibility index (Phi) is 4.70. The second kappa shape index (κ2) is 6.48. The lowest BCUT2D eigenvalue weighted by Crippen LogP contribution is -2.58. The van der Waals surface area contributed by atoms with E-state index in [0.717, 1.165) is 32.1 Å². The second-order valence-corrected chi connectivity index (χ2v) is 7.82. The molecular formula is C15H15BrFIN6. The average molecular weight is 505 g/mol. The van der Waals surface area contributed by atoms with Crippen molar-refractivity contribution in [1.29, 1.82) is 5.26 Å². The quantitative estimate of drug-likeness (QED) is 0.452. The van der Waals surface area contributed by atoms with Gasteiger partial charge < -0.3 is 11.5 Å². The summed E-state index contributed by atoms with van der Waals surface area (Å²) in [7, 11) is 0. The van der Waals surface area contributed by atoms with E-state index in [1.807, 2.05) is 6.07 Å². The number of hydrogen-bond acceptors (Lipinski definition) is 6. The van der Waals surface area contributed by atoms with E-state index in [2.05, 4.69) is 48.5 Å². The van der Waals surface area contributed by atoms with E-state index < -0.39 is 11.5 Å². The molecule has 1 aliphatic heterocycles. The average Bonchev–Trinajstić information content (AvgIpc) is 2.52. The van der Waals surface area contributed by atoms with Crippen LogP contribution in [-0.4, -0.2) is 17.6 Å². The molecular weight excluding hydrogens is 490 g/mol. The molecule has 4 N–H and O–H groups in total. The van der Waals surface area contributed by atoms with E-state index in [1.54, 1.807) is 11.0 Å². The van der Waals surface area contributed by atoms with Crippen molar-refractivity contribution in [2.24, 2.45) is 21.5 Å². The summed E-state index contributed by atoms with van der Waals surface area (Å²) < 4.78 is 15.4. The summed E-state index contributed by atoms with van der Waals surface area (Å²) in [6.45, 7) is 0. The maximum absolute atomic E-state index is 14.5. The molecule has 1 fully saturated rings. The molecule has 1 saturated carbocycles. The highest BCUT2D eigenvalue weighted by atomic mass is 127. The Morgan fingerprint density at radius 1 is 1.33 bits per heavy atom. The van der Waals surface area contributed by atoms with Crippen LogP contribution in [-0.2, 0) is 0 Å². The van der Waals surface area contributed by atoms with Gasteiger partial charge in [-0.3, -0.25) is 4.90 Å². The summed E-state index contributed by atoms with van der Waals surface area (Å²) in [5, 5.41) is 9.52. The lowest BCUT2D eigenvalue weighted by molar-refractivity contribution is 0.305. The fourth-order valence-corrected chi connectivity index (χ4v) is 5.03. The van der Waals surface area contributed by atoms with Crippen LogP contribution < -0.4 is 16.4 Å². The third kappa shape index (κ3) is 2.75. The van der Waals surface area contributed by atoms with Crippen molar-refractivity contribution < 1.29 is 4.39 Å². The van der Waals surface area contributed by atoms with Crippen LogP contribution in [0.5, 0.6) is 0 Å². The first-order chi connectivity index (χ1) is 11.4. The Morgan fingerprint density at radius 3 is 2.62 bits per heavy atom. The number of anilines is 1. The van der Waals surface area contributed by atoms with Crippen LogP contribution in [0.1, 0.15) is 37.7 Å². The minimum Gasteiger partial charge on any atom is -0.369 e. The maximum Gasteiger partial charge on any atom is 0.220 e. The molecule has 2 aliphatic rings. The van der Waals surface area contributed by atoms with E-state index in [1.165, 1.54) is 0 Å². The molecule has 126 valence electrons. The van der Waals surface area contributed by atoms with Gasteiger partial charge in [0.05, 0.1) is 10.2 Å². The Hall–Kier alpha value is -1.41. The van der Waals surface area contributed by atoms with Crippen molar-refractivity contribution in [3.8, 4) is 6.07 Å². The summed E-state index contributed by atoms with van der Waals surface area (Å²) in [4.78, 5) is 10.3. The van der Waals surface area contributed by atoms with Gasteiger partial charge in [0.2, 0.25) is 11.9 Å². The zero-order valence-corrected chi connectivity index (χ0v) is 16.4. The van der Waals surface area contributed by atoms with Gasteiger partial charge in [-0.05, 0) is 70.3 Å². The molecule has 1 aromatic rings. The van der Waals surface area contributed by atoms with E-state index in [0.29, 0.717) is 9.26 Å². The van der Waals surface area contributed by atoms with Crippen molar-refractivity contribution in [2.75, 3.05) is 4.90 Å². The highest BCUT2D eigenvalue weighted by Gasteiger charge is 2.44. The van der Waals surface area contributed by atoms with Gasteiger partial charge >= 0.3 is 0 Å². The molecule has 0 bridgehead atoms. The van der Waals surface area contributed by atoms with E-state index in [4.69, 9.17) is 11.5 Å². The van der Waals surface area contributed by atoms with Crippen molar-refractivity contribution in [3.05, 3.63) is 25.5 Å². The number of nitrogens with zero attached hydrogens (tertiary/aromatic N) is 4. The first-order valence-corrected chi connectivity index (χ1v) is 9.34. The molecule has 0 saturated heterocycles. The molecule has 0 amide bonds. The molecule has 1 aliphatic carbocycles. The smallest absolute Gasteiger partial charge is 0.220 e. The van der Waals surface area contributed by atoms with Gasteiger partial charge in [-0.15, -0.1) is 0 Å². The molecule has 0 radical (unpaired) electrons.